The predicted molar refractivity (Wildman–Crippen MR) is 47.9 cm³/mol. The maximum absolute atomic E-state index is 5.36. The Morgan fingerprint density at radius 1 is 1.50 bits per heavy atom. The monoisotopic (exact) mass is 207 g/mol. The van der Waals surface area contributed by atoms with E-state index in [2.05, 4.69) is 22.2 Å². The van der Waals surface area contributed by atoms with E-state index in [0.29, 0.717) is 0 Å². The molecule has 0 saturated carbocycles. The quantitative estimate of drug-likeness (QED) is 0.703. The van der Waals surface area contributed by atoms with E-state index in [9.17, 15) is 0 Å². The van der Waals surface area contributed by atoms with Gasteiger partial charge in [-0.05, 0) is 0 Å². The first-order valence-corrected chi connectivity index (χ1v) is 3.15. The summed E-state index contributed by atoms with van der Waals surface area (Å²) in [7, 11) is 2.05. The van der Waals surface area contributed by atoms with Crippen LogP contribution in [0.4, 0.5) is 0 Å². The Hall–Kier alpha value is -0.220. The van der Waals surface area contributed by atoms with E-state index in [1.165, 1.54) is 0 Å². The molecule has 0 aromatic heterocycles. The molecule has 1 heterocycles. The number of hydrogen-bond acceptors (Lipinski definition) is 3. The summed E-state index contributed by atoms with van der Waals surface area (Å²) >= 11 is 0. The second-order valence-electron chi connectivity index (χ2n) is 2.30. The summed E-state index contributed by atoms with van der Waals surface area (Å²) in [5.41, 5.74) is 5.36. The molecule has 1 aliphatic rings. The molecule has 0 aromatic carbocycles. The Balaban J connectivity index is 0.000000810. The van der Waals surface area contributed by atoms with Crippen molar-refractivity contribution in [2.45, 2.75) is 0 Å². The van der Waals surface area contributed by atoms with Gasteiger partial charge < -0.3 is 15.5 Å². The van der Waals surface area contributed by atoms with E-state index in [1.807, 2.05) is 7.05 Å². The van der Waals surface area contributed by atoms with Gasteiger partial charge in [0.15, 0.2) is 0 Å². The predicted octanol–water partition coefficient (Wildman–Crippen LogP) is 0.199. The molecule has 0 unspecified atom stereocenters. The lowest BCUT2D eigenvalue weighted by molar-refractivity contribution is 0.302. The van der Waals surface area contributed by atoms with Gasteiger partial charge in [-0.25, -0.2) is 0 Å². The van der Waals surface area contributed by atoms with Crippen LogP contribution in [0.2, 0.25) is 0 Å². The van der Waals surface area contributed by atoms with Crippen LogP contribution in [0.25, 0.3) is 0 Å². The van der Waals surface area contributed by atoms with Crippen molar-refractivity contribution in [3.63, 3.8) is 0 Å². The molecule has 60 valence electrons. The van der Waals surface area contributed by atoms with E-state index in [1.54, 1.807) is 0 Å². The van der Waals surface area contributed by atoms with Crippen molar-refractivity contribution in [1.29, 1.82) is 0 Å². The van der Waals surface area contributed by atoms with Crippen LogP contribution < -0.4 is 5.73 Å². The van der Waals surface area contributed by atoms with Crippen LogP contribution in [-0.4, -0.2) is 36.6 Å². The molecule has 0 radical (unpaired) electrons. The highest BCUT2D eigenvalue weighted by Crippen LogP contribution is 2.00. The summed E-state index contributed by atoms with van der Waals surface area (Å²) in [6.07, 6.45) is 4.11. The van der Waals surface area contributed by atoms with Gasteiger partial charge in [-0.2, -0.15) is 0 Å². The van der Waals surface area contributed by atoms with E-state index in [-0.39, 0.29) is 17.0 Å². The topological polar surface area (TPSA) is 32.5 Å². The van der Waals surface area contributed by atoms with Crippen LogP contribution in [0.15, 0.2) is 12.4 Å². The molecule has 0 saturated heterocycles. The number of rotatable bonds is 2. The van der Waals surface area contributed by atoms with Crippen LogP contribution >= 0.6 is 17.0 Å². The van der Waals surface area contributed by atoms with Gasteiger partial charge in [0.05, 0.1) is 6.67 Å². The van der Waals surface area contributed by atoms with E-state index < -0.39 is 0 Å². The van der Waals surface area contributed by atoms with Gasteiger partial charge >= 0.3 is 0 Å². The summed E-state index contributed by atoms with van der Waals surface area (Å²) in [5, 5.41) is 0. The van der Waals surface area contributed by atoms with Gasteiger partial charge in [-0.15, -0.1) is 17.0 Å². The molecule has 3 nitrogen and oxygen atoms in total. The van der Waals surface area contributed by atoms with Gasteiger partial charge in [-0.3, -0.25) is 0 Å². The number of hydrogen-bond donors (Lipinski definition) is 1. The highest BCUT2D eigenvalue weighted by molar-refractivity contribution is 8.93. The third-order valence-corrected chi connectivity index (χ3v) is 1.35. The highest BCUT2D eigenvalue weighted by Gasteiger charge is 2.05. The van der Waals surface area contributed by atoms with Gasteiger partial charge in [0.25, 0.3) is 0 Å². The first-order chi connectivity index (χ1) is 4.33. The molecule has 1 rings (SSSR count). The van der Waals surface area contributed by atoms with Crippen molar-refractivity contribution < 1.29 is 0 Å². The van der Waals surface area contributed by atoms with Crippen molar-refractivity contribution >= 4 is 17.0 Å². The fourth-order valence-electron chi connectivity index (χ4n) is 0.900. The molecule has 4 heteroatoms. The van der Waals surface area contributed by atoms with Crippen LogP contribution in [0, 0.1) is 0 Å². The normalized spacial score (nSPS) is 15.8. The van der Waals surface area contributed by atoms with E-state index in [0.717, 1.165) is 19.8 Å². The summed E-state index contributed by atoms with van der Waals surface area (Å²) in [6.45, 7) is 2.68. The molecule has 2 N–H and O–H groups in total. The average Bonchev–Trinajstić information content (AvgIpc) is 2.17. The molecule has 0 spiro atoms. The Kier molecular flexibility index (Phi) is 4.47. The van der Waals surface area contributed by atoms with Gasteiger partial charge in [0, 0.05) is 32.5 Å². The molecule has 0 atom stereocenters. The molecule has 0 amide bonds. The fourth-order valence-corrected chi connectivity index (χ4v) is 0.900. The largest absolute Gasteiger partial charge is 0.362 e. The van der Waals surface area contributed by atoms with Gasteiger partial charge in [0.2, 0.25) is 0 Å². The van der Waals surface area contributed by atoms with Crippen molar-refractivity contribution in [1.82, 2.24) is 9.80 Å². The third kappa shape index (κ3) is 2.58. The standard InChI is InChI=1S/C6H13N3.BrH/c1-8-4-5-9(6-8)3-2-7;/h4-5H,2-3,6-7H2,1H3;1H. The molecule has 10 heavy (non-hydrogen) atoms. The zero-order valence-corrected chi connectivity index (χ0v) is 7.87. The van der Waals surface area contributed by atoms with Crippen LogP contribution in [-0.2, 0) is 0 Å². The minimum Gasteiger partial charge on any atom is -0.362 e. The Morgan fingerprint density at radius 3 is 2.60 bits per heavy atom. The molecular weight excluding hydrogens is 194 g/mol. The van der Waals surface area contributed by atoms with Crippen LogP contribution in [0.5, 0.6) is 0 Å². The second-order valence-corrected chi connectivity index (χ2v) is 2.30. The zero-order valence-electron chi connectivity index (χ0n) is 6.16. The maximum Gasteiger partial charge on any atom is 0.0891 e. The average molecular weight is 208 g/mol. The first kappa shape index (κ1) is 9.78. The summed E-state index contributed by atoms with van der Waals surface area (Å²) in [6, 6.07) is 0. The Labute approximate surface area is 72.2 Å². The minimum atomic E-state index is 0. The molecular formula is C6H14BrN3. The minimum absolute atomic E-state index is 0. The van der Waals surface area contributed by atoms with Gasteiger partial charge in [0.1, 0.15) is 0 Å². The van der Waals surface area contributed by atoms with E-state index >= 15 is 0 Å². The number of halogens is 1. The zero-order chi connectivity index (χ0) is 6.69. The van der Waals surface area contributed by atoms with Crippen molar-refractivity contribution in [3.05, 3.63) is 12.4 Å². The third-order valence-electron chi connectivity index (χ3n) is 1.35. The maximum atomic E-state index is 5.36. The fraction of sp³-hybridized carbons (Fsp3) is 0.667. The smallest absolute Gasteiger partial charge is 0.0891 e. The molecule has 0 aromatic rings. The lowest BCUT2D eigenvalue weighted by Crippen LogP contribution is -2.27. The Morgan fingerprint density at radius 2 is 2.20 bits per heavy atom. The number of nitrogens with two attached hydrogens (primary N) is 1. The summed E-state index contributed by atoms with van der Waals surface area (Å²) in [5.74, 6) is 0. The van der Waals surface area contributed by atoms with Crippen molar-refractivity contribution in [2.75, 3.05) is 26.8 Å². The Bertz CT molecular complexity index is 116. The number of nitrogens with zero attached hydrogens (tertiary/aromatic N) is 2. The van der Waals surface area contributed by atoms with Crippen LogP contribution in [0.3, 0.4) is 0 Å². The molecule has 0 bridgehead atoms. The van der Waals surface area contributed by atoms with Crippen LogP contribution in [0.1, 0.15) is 0 Å². The summed E-state index contributed by atoms with van der Waals surface area (Å²) in [4.78, 5) is 4.30. The molecule has 1 aliphatic heterocycles. The first-order valence-electron chi connectivity index (χ1n) is 3.15. The molecule has 0 fully saturated rings. The SMILES string of the molecule is Br.CN1C=CN(CCN)C1. The summed E-state index contributed by atoms with van der Waals surface area (Å²) < 4.78 is 0. The second kappa shape index (κ2) is 4.57. The van der Waals surface area contributed by atoms with Gasteiger partial charge in [-0.1, -0.05) is 0 Å². The highest BCUT2D eigenvalue weighted by atomic mass is 79.9. The van der Waals surface area contributed by atoms with E-state index in [4.69, 9.17) is 5.73 Å². The lowest BCUT2D eigenvalue weighted by Gasteiger charge is -2.16. The lowest BCUT2D eigenvalue weighted by atomic mass is 10.6. The van der Waals surface area contributed by atoms with Crippen molar-refractivity contribution in [2.24, 2.45) is 5.73 Å². The van der Waals surface area contributed by atoms with Crippen molar-refractivity contribution in [3.8, 4) is 0 Å². The molecule has 0 aliphatic carbocycles.